The molecule has 2 heterocycles. The molecular weight excluding hydrogens is 467 g/mol. The third-order valence-corrected chi connectivity index (χ3v) is 6.73. The molecule has 0 unspecified atom stereocenters. The van der Waals surface area contributed by atoms with E-state index in [9.17, 15) is 0 Å². The molecule has 37 heavy (non-hydrogen) atoms. The largest absolute Gasteiger partial charge is 0.398 e. The third-order valence-electron chi connectivity index (χ3n) is 6.73. The minimum absolute atomic E-state index is 0.123. The summed E-state index contributed by atoms with van der Waals surface area (Å²) in [6, 6.07) is 5.42. The first kappa shape index (κ1) is 25.6. The van der Waals surface area contributed by atoms with E-state index in [-0.39, 0.29) is 17.0 Å². The summed E-state index contributed by atoms with van der Waals surface area (Å²) in [7, 11) is 0. The van der Waals surface area contributed by atoms with Gasteiger partial charge in [0.05, 0.1) is 5.70 Å². The number of nitrogens with zero attached hydrogens (tertiary/aromatic N) is 4. The number of aromatic nitrogens is 2. The van der Waals surface area contributed by atoms with Gasteiger partial charge in [-0.3, -0.25) is 0 Å². The molecule has 6 N–H and O–H groups in total. The average molecular weight is 499 g/mol. The second kappa shape index (κ2) is 10.2. The Balaban J connectivity index is 1.97. The molecule has 0 amide bonds. The van der Waals surface area contributed by atoms with E-state index < -0.39 is 5.82 Å². The number of anilines is 2. The summed E-state index contributed by atoms with van der Waals surface area (Å²) in [5.74, 6) is 0.197. The van der Waals surface area contributed by atoms with Gasteiger partial charge in [0.15, 0.2) is 11.6 Å². The second-order valence-electron chi connectivity index (χ2n) is 9.01. The maximum atomic E-state index is 16.5. The van der Waals surface area contributed by atoms with Crippen molar-refractivity contribution < 1.29 is 4.39 Å². The number of piperazine rings is 1. The van der Waals surface area contributed by atoms with E-state index in [2.05, 4.69) is 27.9 Å². The predicted molar refractivity (Wildman–Crippen MR) is 151 cm³/mol. The van der Waals surface area contributed by atoms with Gasteiger partial charge in [0.1, 0.15) is 11.3 Å². The number of hydrogen-bond acceptors (Lipinski definition) is 8. The summed E-state index contributed by atoms with van der Waals surface area (Å²) in [5.41, 5.74) is 16.7. The highest BCUT2D eigenvalue weighted by Crippen LogP contribution is 2.39. The van der Waals surface area contributed by atoms with Gasteiger partial charge in [-0.25, -0.2) is 14.4 Å². The smallest absolute Gasteiger partial charge is 0.178 e. The normalized spacial score (nSPS) is 14.1. The van der Waals surface area contributed by atoms with Crippen molar-refractivity contribution in [3.05, 3.63) is 77.5 Å². The average Bonchev–Trinajstić information content (AvgIpc) is 2.90. The molecule has 0 aliphatic carbocycles. The molecule has 0 spiro atoms. The number of allylic oxidation sites excluding steroid dienone is 2. The molecule has 9 heteroatoms. The lowest BCUT2D eigenvalue weighted by molar-refractivity contribution is 0.331. The van der Waals surface area contributed by atoms with Gasteiger partial charge in [0.2, 0.25) is 0 Å². The number of hydrogen-bond donors (Lipinski definition) is 4. The van der Waals surface area contributed by atoms with Crippen LogP contribution in [-0.4, -0.2) is 53.5 Å². The maximum absolute atomic E-state index is 16.5. The highest BCUT2D eigenvalue weighted by atomic mass is 19.1. The molecule has 1 aliphatic rings. The van der Waals surface area contributed by atoms with Crippen molar-refractivity contribution >= 4 is 40.5 Å². The van der Waals surface area contributed by atoms with Crippen LogP contribution in [0.1, 0.15) is 22.5 Å². The molecule has 3 aromatic rings. The van der Waals surface area contributed by atoms with Gasteiger partial charge < -0.3 is 32.1 Å². The van der Waals surface area contributed by atoms with Crippen LogP contribution in [0, 0.1) is 30.5 Å². The third kappa shape index (κ3) is 4.55. The highest BCUT2D eigenvalue weighted by molar-refractivity contribution is 6.01. The first-order chi connectivity index (χ1) is 17.7. The number of nitrogens with one attached hydrogen (secondary N) is 2. The van der Waals surface area contributed by atoms with E-state index in [1.54, 1.807) is 12.1 Å². The molecule has 0 atom stereocenters. The quantitative estimate of drug-likeness (QED) is 0.217. The van der Waals surface area contributed by atoms with E-state index in [0.717, 1.165) is 23.7 Å². The fourth-order valence-electron chi connectivity index (χ4n) is 4.75. The zero-order chi connectivity index (χ0) is 26.9. The van der Waals surface area contributed by atoms with E-state index in [1.807, 2.05) is 26.0 Å². The van der Waals surface area contributed by atoms with Crippen molar-refractivity contribution in [1.82, 2.24) is 14.9 Å². The summed E-state index contributed by atoms with van der Waals surface area (Å²) < 4.78 is 16.5. The Bertz CT molecular complexity index is 1470. The van der Waals surface area contributed by atoms with Crippen LogP contribution in [0.4, 0.5) is 15.9 Å². The van der Waals surface area contributed by atoms with Crippen LogP contribution < -0.4 is 16.4 Å². The maximum Gasteiger partial charge on any atom is 0.178 e. The Morgan fingerprint density at radius 1 is 1.08 bits per heavy atom. The Morgan fingerprint density at radius 3 is 2.41 bits per heavy atom. The van der Waals surface area contributed by atoms with Crippen LogP contribution in [0.3, 0.4) is 0 Å². The molecule has 1 saturated heterocycles. The van der Waals surface area contributed by atoms with Gasteiger partial charge in [0.25, 0.3) is 0 Å². The van der Waals surface area contributed by atoms with Crippen LogP contribution in [0.25, 0.3) is 27.7 Å². The molecule has 1 fully saturated rings. The van der Waals surface area contributed by atoms with Crippen LogP contribution >= 0.6 is 0 Å². The standard InChI is InChI=1S/C28H31FN8/c1-5-18(4)36-10-12-37(13-11-36)28-19-14-17(3)24(23-16(2)6-7-21(32)20(23)15-31)25(29)26(19)34-27(35-28)22(33)8-9-30/h5-9,14-15,30-31H,1,4,10-13,32-33H2,2-3H3/b22-8-,30-9?,31-15?. The van der Waals surface area contributed by atoms with Crippen molar-refractivity contribution in [2.75, 3.05) is 36.8 Å². The molecular formula is C28H31FN8. The Labute approximate surface area is 215 Å². The monoisotopic (exact) mass is 498 g/mol. The highest BCUT2D eigenvalue weighted by Gasteiger charge is 2.26. The molecule has 1 aromatic heterocycles. The SMILES string of the molecule is C=CC(=C)N1CCN(c2nc(/C(N)=C/C=N)nc3c(F)c(-c4c(C)ccc(N)c4C=N)c(C)cc23)CC1. The van der Waals surface area contributed by atoms with Crippen LogP contribution in [-0.2, 0) is 0 Å². The lowest BCUT2D eigenvalue weighted by atomic mass is 9.90. The topological polar surface area (TPSA) is 132 Å². The molecule has 0 radical (unpaired) electrons. The van der Waals surface area contributed by atoms with Crippen LogP contribution in [0.15, 0.2) is 49.2 Å². The van der Waals surface area contributed by atoms with E-state index in [0.29, 0.717) is 65.3 Å². The fraction of sp³-hybridized carbons (Fsp3) is 0.214. The zero-order valence-electron chi connectivity index (χ0n) is 21.1. The second-order valence-corrected chi connectivity index (χ2v) is 9.01. The minimum Gasteiger partial charge on any atom is -0.398 e. The number of nitrogens with two attached hydrogens (primary N) is 2. The van der Waals surface area contributed by atoms with Crippen LogP contribution in [0.2, 0.25) is 0 Å². The first-order valence-corrected chi connectivity index (χ1v) is 11.9. The minimum atomic E-state index is -0.530. The number of fused-ring (bicyclic) bond motifs is 1. The molecule has 0 bridgehead atoms. The van der Waals surface area contributed by atoms with Gasteiger partial charge in [-0.15, -0.1) is 0 Å². The summed E-state index contributed by atoms with van der Waals surface area (Å²) in [6.07, 6.45) is 5.31. The zero-order valence-corrected chi connectivity index (χ0v) is 21.1. The molecule has 0 saturated carbocycles. The van der Waals surface area contributed by atoms with Crippen molar-refractivity contribution in [1.29, 1.82) is 10.8 Å². The number of benzene rings is 2. The number of halogens is 1. The molecule has 190 valence electrons. The summed E-state index contributed by atoms with van der Waals surface area (Å²) in [6.45, 7) is 14.2. The van der Waals surface area contributed by atoms with Gasteiger partial charge in [0, 0.05) is 66.5 Å². The van der Waals surface area contributed by atoms with Gasteiger partial charge >= 0.3 is 0 Å². The lowest BCUT2D eigenvalue weighted by Gasteiger charge is -2.37. The van der Waals surface area contributed by atoms with Crippen molar-refractivity contribution in [2.45, 2.75) is 13.8 Å². The summed E-state index contributed by atoms with van der Waals surface area (Å²) in [4.78, 5) is 13.5. The van der Waals surface area contributed by atoms with Crippen LogP contribution in [0.5, 0.6) is 0 Å². The first-order valence-electron chi connectivity index (χ1n) is 11.9. The molecule has 4 rings (SSSR count). The number of nitrogen functional groups attached to an aromatic ring is 1. The summed E-state index contributed by atoms with van der Waals surface area (Å²) >= 11 is 0. The number of aryl methyl sites for hydroxylation is 2. The Morgan fingerprint density at radius 2 is 1.78 bits per heavy atom. The Hall–Kier alpha value is -4.53. The van der Waals surface area contributed by atoms with E-state index in [1.165, 1.54) is 6.08 Å². The molecule has 2 aromatic carbocycles. The van der Waals surface area contributed by atoms with Gasteiger partial charge in [-0.05, 0) is 54.8 Å². The number of rotatable bonds is 7. The Kier molecular flexibility index (Phi) is 7.06. The molecule has 1 aliphatic heterocycles. The van der Waals surface area contributed by atoms with Crippen molar-refractivity contribution in [2.24, 2.45) is 5.73 Å². The van der Waals surface area contributed by atoms with Gasteiger partial charge in [-0.2, -0.15) is 0 Å². The summed E-state index contributed by atoms with van der Waals surface area (Å²) in [5, 5.41) is 15.9. The predicted octanol–water partition coefficient (Wildman–Crippen LogP) is 4.40. The van der Waals surface area contributed by atoms with E-state index >= 15 is 4.39 Å². The van der Waals surface area contributed by atoms with Crippen molar-refractivity contribution in [3.8, 4) is 11.1 Å². The lowest BCUT2D eigenvalue weighted by Crippen LogP contribution is -2.46. The molecule has 8 nitrogen and oxygen atoms in total. The van der Waals surface area contributed by atoms with E-state index in [4.69, 9.17) is 27.3 Å². The fourth-order valence-corrected chi connectivity index (χ4v) is 4.75. The van der Waals surface area contributed by atoms with Gasteiger partial charge in [-0.1, -0.05) is 19.2 Å². The van der Waals surface area contributed by atoms with Crippen molar-refractivity contribution in [3.63, 3.8) is 0 Å².